The summed E-state index contributed by atoms with van der Waals surface area (Å²) in [6.45, 7) is 9.63. The molecule has 1 aromatic heterocycles. The maximum absolute atomic E-state index is 13.6. The Labute approximate surface area is 238 Å². The van der Waals surface area contributed by atoms with Gasteiger partial charge >= 0.3 is 0 Å². The zero-order valence-corrected chi connectivity index (χ0v) is 23.7. The van der Waals surface area contributed by atoms with E-state index in [0.29, 0.717) is 41.7 Å². The molecule has 2 saturated heterocycles. The molecule has 0 bridgehead atoms. The van der Waals surface area contributed by atoms with E-state index in [1.165, 1.54) is 12.1 Å². The fourth-order valence-corrected chi connectivity index (χ4v) is 5.46. The van der Waals surface area contributed by atoms with Gasteiger partial charge in [0.1, 0.15) is 18.1 Å². The van der Waals surface area contributed by atoms with Crippen LogP contribution >= 0.6 is 11.6 Å². The second kappa shape index (κ2) is 11.6. The SMILES string of the molecule is CC(C)(C)n1nnc(C(=O)Nc2ccc(Cl)c(CN3CCC(N4CCOCC4=O)CC3)c2)c1-c1ccc(F)cc1. The molecule has 5 rings (SSSR count). The lowest BCUT2D eigenvalue weighted by molar-refractivity contribution is -0.146. The molecule has 1 N–H and O–H groups in total. The summed E-state index contributed by atoms with van der Waals surface area (Å²) in [7, 11) is 0. The Hall–Kier alpha value is -3.34. The number of carbonyl (C=O) groups is 2. The van der Waals surface area contributed by atoms with E-state index in [2.05, 4.69) is 20.5 Å². The highest BCUT2D eigenvalue weighted by molar-refractivity contribution is 6.31. The van der Waals surface area contributed by atoms with E-state index in [1.807, 2.05) is 31.7 Å². The van der Waals surface area contributed by atoms with Crippen LogP contribution in [0.2, 0.25) is 5.02 Å². The number of hydrogen-bond donors (Lipinski definition) is 1. The number of ether oxygens (including phenoxy) is 1. The molecule has 0 atom stereocenters. The van der Waals surface area contributed by atoms with Crippen LogP contribution in [0.4, 0.5) is 10.1 Å². The van der Waals surface area contributed by atoms with Crippen molar-refractivity contribution in [3.8, 4) is 11.3 Å². The van der Waals surface area contributed by atoms with Crippen molar-refractivity contribution < 1.29 is 18.7 Å². The van der Waals surface area contributed by atoms with E-state index >= 15 is 0 Å². The van der Waals surface area contributed by atoms with Crippen molar-refractivity contribution in [2.24, 2.45) is 0 Å². The number of anilines is 1. The van der Waals surface area contributed by atoms with Gasteiger partial charge in [-0.2, -0.15) is 0 Å². The van der Waals surface area contributed by atoms with E-state index < -0.39 is 11.4 Å². The van der Waals surface area contributed by atoms with Gasteiger partial charge in [0.2, 0.25) is 5.91 Å². The van der Waals surface area contributed by atoms with Crippen molar-refractivity contribution in [1.29, 1.82) is 0 Å². The van der Waals surface area contributed by atoms with Crippen molar-refractivity contribution in [1.82, 2.24) is 24.8 Å². The highest BCUT2D eigenvalue weighted by atomic mass is 35.5. The van der Waals surface area contributed by atoms with E-state index in [1.54, 1.807) is 28.9 Å². The smallest absolute Gasteiger partial charge is 0.278 e. The molecule has 11 heteroatoms. The molecule has 0 spiro atoms. The maximum Gasteiger partial charge on any atom is 0.278 e. The van der Waals surface area contributed by atoms with Crippen LogP contribution in [-0.2, 0) is 21.6 Å². The van der Waals surface area contributed by atoms with Gasteiger partial charge in [-0.1, -0.05) is 16.8 Å². The number of hydrogen-bond acceptors (Lipinski definition) is 6. The molecule has 9 nitrogen and oxygen atoms in total. The first-order valence-electron chi connectivity index (χ1n) is 13.5. The molecule has 40 heavy (non-hydrogen) atoms. The summed E-state index contributed by atoms with van der Waals surface area (Å²) in [4.78, 5) is 29.9. The predicted octanol–water partition coefficient (Wildman–Crippen LogP) is 4.57. The molecule has 0 aliphatic carbocycles. The average Bonchev–Trinajstić information content (AvgIpc) is 3.38. The van der Waals surface area contributed by atoms with Crippen LogP contribution in [0.5, 0.6) is 0 Å². The highest BCUT2D eigenvalue weighted by Gasteiger charge is 2.30. The molecule has 3 aromatic rings. The van der Waals surface area contributed by atoms with Gasteiger partial charge in [0, 0.05) is 48.5 Å². The first kappa shape index (κ1) is 28.2. The van der Waals surface area contributed by atoms with Gasteiger partial charge in [0.15, 0.2) is 5.69 Å². The average molecular weight is 569 g/mol. The van der Waals surface area contributed by atoms with Crippen molar-refractivity contribution in [2.75, 3.05) is 38.2 Å². The van der Waals surface area contributed by atoms with Gasteiger partial charge in [-0.25, -0.2) is 9.07 Å². The van der Waals surface area contributed by atoms with Crippen LogP contribution in [-0.4, -0.2) is 75.5 Å². The fraction of sp³-hybridized carbons (Fsp3) is 0.448. The lowest BCUT2D eigenvalue weighted by Crippen LogP contribution is -2.51. The number of aromatic nitrogens is 3. The summed E-state index contributed by atoms with van der Waals surface area (Å²) in [6, 6.07) is 11.6. The molecule has 212 valence electrons. The monoisotopic (exact) mass is 568 g/mol. The minimum atomic E-state index is -0.453. The zero-order chi connectivity index (χ0) is 28.4. The number of carbonyl (C=O) groups excluding carboxylic acids is 2. The maximum atomic E-state index is 13.6. The second-order valence-corrected chi connectivity index (χ2v) is 11.7. The van der Waals surface area contributed by atoms with Gasteiger partial charge in [-0.15, -0.1) is 5.10 Å². The Kier molecular flexibility index (Phi) is 8.21. The summed E-state index contributed by atoms with van der Waals surface area (Å²) in [6.07, 6.45) is 1.80. The number of morpholine rings is 1. The van der Waals surface area contributed by atoms with Crippen LogP contribution in [0.25, 0.3) is 11.3 Å². The van der Waals surface area contributed by atoms with Gasteiger partial charge in [-0.3, -0.25) is 14.5 Å². The van der Waals surface area contributed by atoms with Crippen LogP contribution in [0.1, 0.15) is 49.7 Å². The molecule has 0 unspecified atom stereocenters. The van der Waals surface area contributed by atoms with E-state index in [9.17, 15) is 14.0 Å². The number of nitrogens with zero attached hydrogens (tertiary/aromatic N) is 5. The summed E-state index contributed by atoms with van der Waals surface area (Å²) < 4.78 is 20.6. The van der Waals surface area contributed by atoms with Crippen molar-refractivity contribution >= 4 is 29.1 Å². The molecule has 2 amide bonds. The largest absolute Gasteiger partial charge is 0.370 e. The topological polar surface area (TPSA) is 92.6 Å². The molecule has 2 aliphatic heterocycles. The summed E-state index contributed by atoms with van der Waals surface area (Å²) in [5.41, 5.74) is 2.35. The number of amides is 2. The Morgan fingerprint density at radius 3 is 2.52 bits per heavy atom. The van der Waals surface area contributed by atoms with Crippen LogP contribution in [0.3, 0.4) is 0 Å². The molecule has 2 fully saturated rings. The van der Waals surface area contributed by atoms with Crippen molar-refractivity contribution in [3.05, 3.63) is 64.6 Å². The summed E-state index contributed by atoms with van der Waals surface area (Å²) >= 11 is 6.55. The minimum absolute atomic E-state index is 0.0707. The van der Waals surface area contributed by atoms with Crippen LogP contribution < -0.4 is 5.32 Å². The van der Waals surface area contributed by atoms with Gasteiger partial charge in [-0.05, 0) is 81.6 Å². The van der Waals surface area contributed by atoms with Gasteiger partial charge in [0.25, 0.3) is 5.91 Å². The number of piperidine rings is 1. The third-order valence-electron chi connectivity index (χ3n) is 7.36. The Morgan fingerprint density at radius 1 is 1.12 bits per heavy atom. The number of rotatable bonds is 6. The first-order chi connectivity index (χ1) is 19.1. The standard InChI is InChI=1S/C29H34ClFN6O3/c1-29(2,3)37-27(19-4-6-21(31)7-5-19)26(33-34-37)28(39)32-22-8-9-24(30)20(16-22)17-35-12-10-23(11-13-35)36-14-15-40-18-25(36)38/h4-9,16,23H,10-15,17-18H2,1-3H3,(H,32,39). The highest BCUT2D eigenvalue weighted by Crippen LogP contribution is 2.30. The fourth-order valence-electron chi connectivity index (χ4n) is 5.28. The lowest BCUT2D eigenvalue weighted by atomic mass is 10.0. The predicted molar refractivity (Wildman–Crippen MR) is 151 cm³/mol. The second-order valence-electron chi connectivity index (χ2n) is 11.3. The van der Waals surface area contributed by atoms with E-state index in [4.69, 9.17) is 16.3 Å². The number of nitrogens with one attached hydrogen (secondary N) is 1. The third kappa shape index (κ3) is 6.19. The van der Waals surface area contributed by atoms with Gasteiger partial charge in [0.05, 0.1) is 12.1 Å². The zero-order valence-electron chi connectivity index (χ0n) is 23.0. The molecule has 2 aliphatic rings. The minimum Gasteiger partial charge on any atom is -0.370 e. The van der Waals surface area contributed by atoms with Crippen LogP contribution in [0, 0.1) is 5.82 Å². The Morgan fingerprint density at radius 2 is 1.85 bits per heavy atom. The molecule has 3 heterocycles. The normalized spacial score (nSPS) is 17.3. The number of halogens is 2. The third-order valence-corrected chi connectivity index (χ3v) is 7.72. The Bertz CT molecular complexity index is 1380. The number of benzene rings is 2. The Balaban J connectivity index is 1.29. The summed E-state index contributed by atoms with van der Waals surface area (Å²) in [5.74, 6) is -0.711. The molecule has 2 aromatic carbocycles. The summed E-state index contributed by atoms with van der Waals surface area (Å²) in [5, 5.41) is 12.0. The van der Waals surface area contributed by atoms with Crippen LogP contribution in [0.15, 0.2) is 42.5 Å². The molecule has 0 radical (unpaired) electrons. The molecular weight excluding hydrogens is 535 g/mol. The van der Waals surface area contributed by atoms with Gasteiger partial charge < -0.3 is 15.0 Å². The number of likely N-dealkylation sites (tertiary alicyclic amines) is 1. The van der Waals surface area contributed by atoms with E-state index in [-0.39, 0.29) is 30.1 Å². The molecule has 0 saturated carbocycles. The van der Waals surface area contributed by atoms with E-state index in [0.717, 1.165) is 31.5 Å². The first-order valence-corrected chi connectivity index (χ1v) is 13.9. The molecular formula is C29H34ClFN6O3. The lowest BCUT2D eigenvalue weighted by Gasteiger charge is -2.40. The van der Waals surface area contributed by atoms with Crippen molar-refractivity contribution in [3.63, 3.8) is 0 Å². The van der Waals surface area contributed by atoms with Crippen molar-refractivity contribution in [2.45, 2.75) is 51.7 Å². The quantitative estimate of drug-likeness (QED) is 0.468.